The third-order valence-electron chi connectivity index (χ3n) is 7.82. The van der Waals surface area contributed by atoms with Gasteiger partial charge < -0.3 is 0 Å². The topological polar surface area (TPSA) is 20.3 Å². The molecule has 0 bridgehead atoms. The van der Waals surface area contributed by atoms with Crippen molar-refractivity contribution in [1.29, 1.82) is 0 Å². The molecule has 0 aromatic carbocycles. The predicted molar refractivity (Wildman–Crippen MR) is 158 cm³/mol. The molecule has 2 nitrogen and oxygen atoms in total. The van der Waals surface area contributed by atoms with E-state index in [1.54, 1.807) is 0 Å². The monoisotopic (exact) mass is 494 g/mol. The molecule has 0 aromatic rings. The lowest BCUT2D eigenvalue weighted by atomic mass is 10.00. The molecule has 0 radical (unpaired) electrons. The maximum absolute atomic E-state index is 12.9. The molecule has 0 N–H and O–H groups in total. The largest absolute Gasteiger partial charge is 0.298 e. The summed E-state index contributed by atoms with van der Waals surface area (Å²) in [4.78, 5) is 15.4. The van der Waals surface area contributed by atoms with Gasteiger partial charge in [-0.15, -0.1) is 0 Å². The fourth-order valence-corrected chi connectivity index (χ4v) is 5.38. The normalized spacial score (nSPS) is 12.5. The molecular weight excluding hydrogens is 426 g/mol. The Morgan fingerprint density at radius 3 is 1.09 bits per heavy atom. The van der Waals surface area contributed by atoms with E-state index in [1.807, 2.05) is 0 Å². The number of hydrogen-bond donors (Lipinski definition) is 0. The van der Waals surface area contributed by atoms with Crippen LogP contribution in [0.2, 0.25) is 0 Å². The molecule has 0 aromatic heterocycles. The van der Waals surface area contributed by atoms with Gasteiger partial charge in [0.15, 0.2) is 0 Å². The maximum Gasteiger partial charge on any atom is 0.149 e. The van der Waals surface area contributed by atoms with Gasteiger partial charge in [-0.3, -0.25) is 9.69 Å². The quantitative estimate of drug-likeness (QED) is 0.0965. The van der Waals surface area contributed by atoms with Crippen molar-refractivity contribution >= 4 is 5.78 Å². The van der Waals surface area contributed by atoms with Crippen molar-refractivity contribution < 1.29 is 4.79 Å². The molecule has 210 valence electrons. The zero-order valence-corrected chi connectivity index (χ0v) is 25.0. The number of carbonyl (C=O) groups is 1. The van der Waals surface area contributed by atoms with Gasteiger partial charge in [-0.2, -0.15) is 0 Å². The Balaban J connectivity index is 3.56. The van der Waals surface area contributed by atoms with Gasteiger partial charge in [0, 0.05) is 6.42 Å². The van der Waals surface area contributed by atoms with Crippen molar-refractivity contribution in [2.75, 3.05) is 13.1 Å². The summed E-state index contributed by atoms with van der Waals surface area (Å²) in [5.41, 5.74) is 0. The molecule has 0 saturated carbocycles. The summed E-state index contributed by atoms with van der Waals surface area (Å²) in [7, 11) is 0. The van der Waals surface area contributed by atoms with Crippen LogP contribution in [0.15, 0.2) is 0 Å². The molecule has 0 saturated heterocycles. The maximum atomic E-state index is 12.9. The van der Waals surface area contributed by atoms with Crippen LogP contribution < -0.4 is 0 Å². The first-order valence-electron chi connectivity index (χ1n) is 16.5. The van der Waals surface area contributed by atoms with Gasteiger partial charge in [0.25, 0.3) is 0 Å². The molecular formula is C33H67NO. The van der Waals surface area contributed by atoms with E-state index < -0.39 is 0 Å². The highest BCUT2D eigenvalue weighted by Crippen LogP contribution is 2.16. The van der Waals surface area contributed by atoms with Crippen molar-refractivity contribution in [3.63, 3.8) is 0 Å². The highest BCUT2D eigenvalue weighted by molar-refractivity contribution is 5.83. The van der Waals surface area contributed by atoms with Crippen LogP contribution >= 0.6 is 0 Å². The van der Waals surface area contributed by atoms with Crippen LogP contribution in [0.25, 0.3) is 0 Å². The van der Waals surface area contributed by atoms with E-state index in [-0.39, 0.29) is 6.04 Å². The first kappa shape index (κ1) is 34.6. The SMILES string of the molecule is CCCCCCCCCCCCCCCCCCCCCC(=O)C(CC)N(CCCC)CCCC. The third kappa shape index (κ3) is 22.5. The van der Waals surface area contributed by atoms with E-state index in [9.17, 15) is 4.79 Å². The lowest BCUT2D eigenvalue weighted by Gasteiger charge is -2.30. The smallest absolute Gasteiger partial charge is 0.149 e. The van der Waals surface area contributed by atoms with E-state index in [2.05, 4.69) is 32.6 Å². The van der Waals surface area contributed by atoms with Gasteiger partial charge in [-0.25, -0.2) is 0 Å². The number of unbranched alkanes of at least 4 members (excludes halogenated alkanes) is 20. The fourth-order valence-electron chi connectivity index (χ4n) is 5.38. The minimum absolute atomic E-state index is 0.170. The summed E-state index contributed by atoms with van der Waals surface area (Å²) in [5.74, 6) is 0.506. The number of rotatable bonds is 29. The molecule has 0 fully saturated rings. The highest BCUT2D eigenvalue weighted by atomic mass is 16.1. The van der Waals surface area contributed by atoms with Gasteiger partial charge in [0.2, 0.25) is 0 Å². The zero-order valence-electron chi connectivity index (χ0n) is 25.0. The summed E-state index contributed by atoms with van der Waals surface area (Å²) >= 11 is 0. The van der Waals surface area contributed by atoms with Crippen LogP contribution in [-0.2, 0) is 4.79 Å². The van der Waals surface area contributed by atoms with Crippen LogP contribution in [-0.4, -0.2) is 29.8 Å². The number of nitrogens with zero attached hydrogens (tertiary/aromatic N) is 1. The van der Waals surface area contributed by atoms with Crippen molar-refractivity contribution in [2.45, 2.75) is 194 Å². The van der Waals surface area contributed by atoms with E-state index in [0.29, 0.717) is 5.78 Å². The first-order chi connectivity index (χ1) is 17.2. The van der Waals surface area contributed by atoms with Crippen LogP contribution in [0, 0.1) is 0 Å². The van der Waals surface area contributed by atoms with Gasteiger partial charge >= 0.3 is 0 Å². The third-order valence-corrected chi connectivity index (χ3v) is 7.82. The number of Topliss-reactive ketones (excluding diaryl/α,β-unsaturated/α-hetero) is 1. The van der Waals surface area contributed by atoms with Crippen LogP contribution in [0.3, 0.4) is 0 Å². The Hall–Kier alpha value is -0.370. The van der Waals surface area contributed by atoms with Gasteiger partial charge in [-0.1, -0.05) is 156 Å². The van der Waals surface area contributed by atoms with Crippen molar-refractivity contribution in [3.05, 3.63) is 0 Å². The van der Waals surface area contributed by atoms with E-state index >= 15 is 0 Å². The van der Waals surface area contributed by atoms with Crippen molar-refractivity contribution in [3.8, 4) is 0 Å². The molecule has 0 aliphatic carbocycles. The first-order valence-corrected chi connectivity index (χ1v) is 16.5. The summed E-state index contributed by atoms with van der Waals surface area (Å²) in [6.45, 7) is 11.2. The molecule has 0 amide bonds. The molecule has 0 aliphatic rings. The number of hydrogen-bond acceptors (Lipinski definition) is 2. The second-order valence-corrected chi connectivity index (χ2v) is 11.2. The Bertz CT molecular complexity index is 413. The van der Waals surface area contributed by atoms with E-state index in [4.69, 9.17) is 0 Å². The fraction of sp³-hybridized carbons (Fsp3) is 0.970. The predicted octanol–water partition coefficient (Wildman–Crippen LogP) is 11.1. The van der Waals surface area contributed by atoms with Crippen molar-refractivity contribution in [1.82, 2.24) is 4.90 Å². The molecule has 0 spiro atoms. The lowest BCUT2D eigenvalue weighted by Crippen LogP contribution is -2.42. The summed E-state index contributed by atoms with van der Waals surface area (Å²) < 4.78 is 0. The second-order valence-electron chi connectivity index (χ2n) is 11.2. The molecule has 1 atom stereocenters. The van der Waals surface area contributed by atoms with Crippen molar-refractivity contribution in [2.24, 2.45) is 0 Å². The summed E-state index contributed by atoms with van der Waals surface area (Å²) in [6.07, 6.45) is 33.3. The Morgan fingerprint density at radius 2 is 0.771 bits per heavy atom. The standard InChI is InChI=1S/C33H67NO/c1-5-9-12-13-14-15-16-17-18-19-20-21-22-23-24-25-26-27-28-29-33(35)32(8-4)34(30-10-6-2)31-11-7-3/h32H,5-31H2,1-4H3. The highest BCUT2D eigenvalue weighted by Gasteiger charge is 2.22. The molecule has 2 heteroatoms. The van der Waals surface area contributed by atoms with Crippen LogP contribution in [0.4, 0.5) is 0 Å². The number of carbonyl (C=O) groups excluding carboxylic acids is 1. The lowest BCUT2D eigenvalue weighted by molar-refractivity contribution is -0.124. The molecule has 0 aliphatic heterocycles. The number of ketones is 1. The Kier molecular flexibility index (Phi) is 27.9. The van der Waals surface area contributed by atoms with Gasteiger partial charge in [0.05, 0.1) is 6.04 Å². The minimum atomic E-state index is 0.170. The zero-order chi connectivity index (χ0) is 25.8. The average molecular weight is 494 g/mol. The van der Waals surface area contributed by atoms with E-state index in [0.717, 1.165) is 32.4 Å². The van der Waals surface area contributed by atoms with Gasteiger partial charge in [0.1, 0.15) is 5.78 Å². The molecule has 0 heterocycles. The average Bonchev–Trinajstić information content (AvgIpc) is 2.87. The molecule has 1 unspecified atom stereocenters. The van der Waals surface area contributed by atoms with Crippen LogP contribution in [0.1, 0.15) is 188 Å². The van der Waals surface area contributed by atoms with Crippen LogP contribution in [0.5, 0.6) is 0 Å². The Morgan fingerprint density at radius 1 is 0.457 bits per heavy atom. The molecule has 0 rings (SSSR count). The second kappa shape index (κ2) is 28.2. The molecule has 35 heavy (non-hydrogen) atoms. The minimum Gasteiger partial charge on any atom is -0.298 e. The summed E-state index contributed by atoms with van der Waals surface area (Å²) in [5, 5.41) is 0. The van der Waals surface area contributed by atoms with E-state index in [1.165, 1.54) is 141 Å². The van der Waals surface area contributed by atoms with Gasteiger partial charge in [-0.05, 0) is 38.8 Å². The summed E-state index contributed by atoms with van der Waals surface area (Å²) in [6, 6.07) is 0.170. The Labute approximate surface area is 222 Å².